The van der Waals surface area contributed by atoms with Crippen LogP contribution in [0.5, 0.6) is 0 Å². The fourth-order valence-electron chi connectivity index (χ4n) is 1.87. The Hall–Kier alpha value is -1.51. The van der Waals surface area contributed by atoms with Crippen molar-refractivity contribution in [2.24, 2.45) is 0 Å². The Morgan fingerprint density at radius 2 is 2.47 bits per heavy atom. The fraction of sp³-hybridized carbons (Fsp3) is 0.417. The first kappa shape index (κ1) is 10.0. The number of carbonyl (C=O) groups excluding carboxylic acids is 1. The molecule has 3 nitrogen and oxygen atoms in total. The van der Waals surface area contributed by atoms with Crippen molar-refractivity contribution in [3.63, 3.8) is 0 Å². The molecule has 80 valence electrons. The van der Waals surface area contributed by atoms with E-state index in [4.69, 9.17) is 9.15 Å². The van der Waals surface area contributed by atoms with Crippen LogP contribution in [0.4, 0.5) is 0 Å². The predicted molar refractivity (Wildman–Crippen MR) is 56.3 cm³/mol. The molecule has 0 radical (unpaired) electrons. The first-order chi connectivity index (χ1) is 7.31. The van der Waals surface area contributed by atoms with Crippen LogP contribution in [-0.2, 0) is 16.0 Å². The van der Waals surface area contributed by atoms with E-state index in [2.05, 4.69) is 0 Å². The number of ether oxygens (including phenoxy) is 1. The van der Waals surface area contributed by atoms with Crippen LogP contribution in [0.3, 0.4) is 0 Å². The van der Waals surface area contributed by atoms with Gasteiger partial charge in [0.15, 0.2) is 0 Å². The van der Waals surface area contributed by atoms with Gasteiger partial charge in [0.2, 0.25) is 0 Å². The van der Waals surface area contributed by atoms with E-state index in [-0.39, 0.29) is 5.97 Å². The van der Waals surface area contributed by atoms with Gasteiger partial charge in [0.1, 0.15) is 5.76 Å². The Balaban J connectivity index is 2.22. The minimum atomic E-state index is -0.262. The fourth-order valence-corrected chi connectivity index (χ4v) is 1.87. The van der Waals surface area contributed by atoms with Crippen LogP contribution in [0.2, 0.25) is 0 Å². The highest BCUT2D eigenvalue weighted by molar-refractivity contribution is 5.91. The zero-order valence-corrected chi connectivity index (χ0v) is 8.79. The number of furan rings is 1. The summed E-state index contributed by atoms with van der Waals surface area (Å²) < 4.78 is 10.2. The molecule has 15 heavy (non-hydrogen) atoms. The normalized spacial score (nSPS) is 17.5. The number of allylic oxidation sites excluding steroid dienone is 1. The summed E-state index contributed by atoms with van der Waals surface area (Å²) in [5.74, 6) is 0.721. The van der Waals surface area contributed by atoms with Gasteiger partial charge in [-0.05, 0) is 31.4 Å². The quantitative estimate of drug-likeness (QED) is 0.551. The molecule has 0 aromatic carbocycles. The molecule has 1 heterocycles. The van der Waals surface area contributed by atoms with Gasteiger partial charge < -0.3 is 9.15 Å². The molecule has 0 aliphatic heterocycles. The molecule has 0 atom stereocenters. The van der Waals surface area contributed by atoms with Crippen LogP contribution in [0.15, 0.2) is 22.8 Å². The van der Waals surface area contributed by atoms with E-state index in [9.17, 15) is 4.79 Å². The third-order valence-corrected chi connectivity index (χ3v) is 2.52. The number of esters is 1. The first-order valence-corrected chi connectivity index (χ1v) is 5.25. The maximum absolute atomic E-state index is 11.3. The van der Waals surface area contributed by atoms with E-state index >= 15 is 0 Å². The summed E-state index contributed by atoms with van der Waals surface area (Å²) in [4.78, 5) is 11.3. The second kappa shape index (κ2) is 4.34. The van der Waals surface area contributed by atoms with Gasteiger partial charge >= 0.3 is 5.97 Å². The zero-order valence-electron chi connectivity index (χ0n) is 8.79. The summed E-state index contributed by atoms with van der Waals surface area (Å²) in [5, 5.41) is 0. The van der Waals surface area contributed by atoms with Gasteiger partial charge in [-0.3, -0.25) is 0 Å². The summed E-state index contributed by atoms with van der Waals surface area (Å²) in [6.45, 7) is 2.22. The van der Waals surface area contributed by atoms with Gasteiger partial charge in [-0.1, -0.05) is 0 Å². The summed E-state index contributed by atoms with van der Waals surface area (Å²) in [5.41, 5.74) is 2.10. The number of hydrogen-bond acceptors (Lipinski definition) is 3. The Kier molecular flexibility index (Phi) is 2.90. The molecule has 1 aromatic rings. The minimum Gasteiger partial charge on any atom is -0.469 e. The van der Waals surface area contributed by atoms with Crippen LogP contribution < -0.4 is 0 Å². The van der Waals surface area contributed by atoms with E-state index in [0.717, 1.165) is 36.2 Å². The lowest BCUT2D eigenvalue weighted by Crippen LogP contribution is -2.04. The lowest BCUT2D eigenvalue weighted by Gasteiger charge is -2.13. The largest absolute Gasteiger partial charge is 0.469 e. The van der Waals surface area contributed by atoms with E-state index in [1.54, 1.807) is 19.3 Å². The monoisotopic (exact) mass is 206 g/mol. The van der Waals surface area contributed by atoms with Gasteiger partial charge in [0.05, 0.1) is 12.9 Å². The van der Waals surface area contributed by atoms with Crippen molar-refractivity contribution in [3.8, 4) is 0 Å². The van der Waals surface area contributed by atoms with Crippen molar-refractivity contribution in [2.45, 2.75) is 26.2 Å². The standard InChI is InChI=1S/C12H14O3/c1-2-14-12(13)8-9-4-3-5-11-10(9)6-7-15-11/h6-8H,2-5H2,1H3. The lowest BCUT2D eigenvalue weighted by atomic mass is 9.93. The molecule has 1 aromatic heterocycles. The molecule has 0 amide bonds. The van der Waals surface area contributed by atoms with E-state index in [0.29, 0.717) is 6.61 Å². The molecule has 0 saturated heterocycles. The van der Waals surface area contributed by atoms with Gasteiger partial charge in [-0.25, -0.2) is 4.79 Å². The number of rotatable bonds is 2. The molecule has 1 aliphatic rings. The smallest absolute Gasteiger partial charge is 0.331 e. The van der Waals surface area contributed by atoms with Crippen LogP contribution in [-0.4, -0.2) is 12.6 Å². The van der Waals surface area contributed by atoms with Crippen molar-refractivity contribution in [1.82, 2.24) is 0 Å². The molecular formula is C12H14O3. The molecule has 0 N–H and O–H groups in total. The van der Waals surface area contributed by atoms with Crippen LogP contribution in [0.25, 0.3) is 5.57 Å². The van der Waals surface area contributed by atoms with Crippen molar-refractivity contribution in [1.29, 1.82) is 0 Å². The second-order valence-corrected chi connectivity index (χ2v) is 3.53. The van der Waals surface area contributed by atoms with Gasteiger partial charge in [0, 0.05) is 18.1 Å². The lowest BCUT2D eigenvalue weighted by molar-refractivity contribution is -0.137. The zero-order chi connectivity index (χ0) is 10.7. The van der Waals surface area contributed by atoms with Crippen molar-refractivity contribution < 1.29 is 13.9 Å². The van der Waals surface area contributed by atoms with Crippen LogP contribution >= 0.6 is 0 Å². The highest BCUT2D eigenvalue weighted by atomic mass is 16.5. The highest BCUT2D eigenvalue weighted by Crippen LogP contribution is 2.31. The molecule has 1 aliphatic carbocycles. The Morgan fingerprint density at radius 1 is 1.60 bits per heavy atom. The van der Waals surface area contributed by atoms with Crippen molar-refractivity contribution in [3.05, 3.63) is 29.7 Å². The Bertz CT molecular complexity index is 387. The SMILES string of the molecule is CCOC(=O)C=C1CCCc2occc21. The summed E-state index contributed by atoms with van der Waals surface area (Å²) >= 11 is 0. The van der Waals surface area contributed by atoms with Crippen molar-refractivity contribution in [2.75, 3.05) is 6.61 Å². The minimum absolute atomic E-state index is 0.262. The second-order valence-electron chi connectivity index (χ2n) is 3.53. The predicted octanol–water partition coefficient (Wildman–Crippen LogP) is 2.56. The number of aryl methyl sites for hydroxylation is 1. The summed E-state index contributed by atoms with van der Waals surface area (Å²) in [6, 6.07) is 1.92. The van der Waals surface area contributed by atoms with E-state index in [1.165, 1.54) is 0 Å². The highest BCUT2D eigenvalue weighted by Gasteiger charge is 2.17. The summed E-state index contributed by atoms with van der Waals surface area (Å²) in [6.07, 6.45) is 6.17. The maximum Gasteiger partial charge on any atom is 0.331 e. The van der Waals surface area contributed by atoms with Gasteiger partial charge in [-0.15, -0.1) is 0 Å². The first-order valence-electron chi connectivity index (χ1n) is 5.25. The van der Waals surface area contributed by atoms with E-state index < -0.39 is 0 Å². The molecule has 0 spiro atoms. The molecule has 3 heteroatoms. The molecule has 0 saturated carbocycles. The topological polar surface area (TPSA) is 39.4 Å². The van der Waals surface area contributed by atoms with Crippen LogP contribution in [0, 0.1) is 0 Å². The molecular weight excluding hydrogens is 192 g/mol. The third-order valence-electron chi connectivity index (χ3n) is 2.52. The Labute approximate surface area is 88.7 Å². The Morgan fingerprint density at radius 3 is 3.27 bits per heavy atom. The molecule has 0 bridgehead atoms. The third kappa shape index (κ3) is 2.12. The average molecular weight is 206 g/mol. The molecule has 0 unspecified atom stereocenters. The van der Waals surface area contributed by atoms with E-state index in [1.807, 2.05) is 6.07 Å². The number of carbonyl (C=O) groups is 1. The average Bonchev–Trinajstić information content (AvgIpc) is 2.67. The van der Waals surface area contributed by atoms with Gasteiger partial charge in [-0.2, -0.15) is 0 Å². The maximum atomic E-state index is 11.3. The number of fused-ring (bicyclic) bond motifs is 1. The van der Waals surface area contributed by atoms with Crippen molar-refractivity contribution >= 4 is 11.5 Å². The van der Waals surface area contributed by atoms with Gasteiger partial charge in [0.25, 0.3) is 0 Å². The summed E-state index contributed by atoms with van der Waals surface area (Å²) in [7, 11) is 0. The van der Waals surface area contributed by atoms with Crippen LogP contribution in [0.1, 0.15) is 31.1 Å². The molecule has 2 rings (SSSR count). The number of hydrogen-bond donors (Lipinski definition) is 0. The molecule has 0 fully saturated rings.